The predicted molar refractivity (Wildman–Crippen MR) is 151 cm³/mol. The lowest BCUT2D eigenvalue weighted by Crippen LogP contribution is -2.53. The van der Waals surface area contributed by atoms with E-state index in [4.69, 9.17) is 11.1 Å². The van der Waals surface area contributed by atoms with Crippen LogP contribution in [0.4, 0.5) is 13.2 Å². The molecule has 0 aromatic carbocycles. The topological polar surface area (TPSA) is 123 Å². The van der Waals surface area contributed by atoms with Crippen LogP contribution in [0.15, 0.2) is 0 Å². The summed E-state index contributed by atoms with van der Waals surface area (Å²) in [5, 5.41) is 17.8. The van der Waals surface area contributed by atoms with Crippen molar-refractivity contribution >= 4 is 17.6 Å². The number of halogens is 3. The van der Waals surface area contributed by atoms with Crippen molar-refractivity contribution in [2.45, 2.75) is 133 Å². The number of alkyl halides is 3. The lowest BCUT2D eigenvalue weighted by Gasteiger charge is -2.40. The van der Waals surface area contributed by atoms with Gasteiger partial charge in [-0.25, -0.2) is 0 Å². The molecule has 41 heavy (non-hydrogen) atoms. The average Bonchev–Trinajstić information content (AvgIpc) is 3.32. The number of nitrogens with zero attached hydrogens (tertiary/aromatic N) is 1. The third-order valence-corrected chi connectivity index (χ3v) is 10.9. The minimum atomic E-state index is -4.13. The smallest absolute Gasteiger partial charge is 0.387 e. The number of piperidine rings is 1. The molecular formula is C30H49F3N6O2. The van der Waals surface area contributed by atoms with E-state index in [-0.39, 0.29) is 72.5 Å². The van der Waals surface area contributed by atoms with E-state index in [9.17, 15) is 22.8 Å². The highest BCUT2D eigenvalue weighted by molar-refractivity contribution is 5.83. The van der Waals surface area contributed by atoms with Crippen LogP contribution in [0.1, 0.15) is 96.3 Å². The lowest BCUT2D eigenvalue weighted by molar-refractivity contribution is -0.184. The number of carbonyl (C=O) groups excluding carboxylic acids is 2. The molecule has 232 valence electrons. The van der Waals surface area contributed by atoms with Crippen molar-refractivity contribution in [1.29, 1.82) is 5.41 Å². The monoisotopic (exact) mass is 582 g/mol. The first-order chi connectivity index (χ1) is 19.6. The first-order valence-electron chi connectivity index (χ1n) is 16.1. The van der Waals surface area contributed by atoms with Crippen molar-refractivity contribution in [3.63, 3.8) is 0 Å². The number of amidine groups is 1. The summed E-state index contributed by atoms with van der Waals surface area (Å²) in [5.41, 5.74) is 5.89. The molecule has 5 aliphatic rings. The molecule has 3 saturated carbocycles. The van der Waals surface area contributed by atoms with Gasteiger partial charge in [0.25, 0.3) is 0 Å². The molecule has 5 unspecified atom stereocenters. The average molecular weight is 583 g/mol. The van der Waals surface area contributed by atoms with Crippen molar-refractivity contribution in [3.05, 3.63) is 0 Å². The number of nitrogens with two attached hydrogens (primary N) is 1. The summed E-state index contributed by atoms with van der Waals surface area (Å²) in [4.78, 5) is 28.6. The van der Waals surface area contributed by atoms with Crippen LogP contribution in [0.25, 0.3) is 0 Å². The van der Waals surface area contributed by atoms with Crippen LogP contribution < -0.4 is 21.7 Å². The van der Waals surface area contributed by atoms with Crippen LogP contribution in [0.5, 0.6) is 0 Å². The molecule has 2 amide bonds. The van der Waals surface area contributed by atoms with Crippen LogP contribution in [0.2, 0.25) is 0 Å². The molecule has 0 radical (unpaired) electrons. The zero-order valence-electron chi connectivity index (χ0n) is 24.2. The van der Waals surface area contributed by atoms with Crippen molar-refractivity contribution < 1.29 is 22.8 Å². The number of hydrogen-bond acceptors (Lipinski definition) is 5. The fraction of sp³-hybridized carbons (Fsp3) is 0.900. The Balaban J connectivity index is 1.16. The first kappa shape index (κ1) is 30.6. The Morgan fingerprint density at radius 1 is 0.854 bits per heavy atom. The number of rotatable bonds is 7. The van der Waals surface area contributed by atoms with Gasteiger partial charge in [-0.2, -0.15) is 13.2 Å². The molecule has 2 heterocycles. The number of hydrogen-bond donors (Lipinski definition) is 5. The molecule has 0 aromatic rings. The van der Waals surface area contributed by atoms with Crippen molar-refractivity contribution in [2.24, 2.45) is 29.4 Å². The minimum Gasteiger partial charge on any atom is -0.387 e. The Kier molecular flexibility index (Phi) is 9.83. The molecule has 8 nitrogen and oxygen atoms in total. The normalized spacial score (nSPS) is 38.6. The van der Waals surface area contributed by atoms with E-state index in [0.717, 1.165) is 77.2 Å². The van der Waals surface area contributed by atoms with Gasteiger partial charge < -0.3 is 21.7 Å². The molecule has 0 bridgehead atoms. The van der Waals surface area contributed by atoms with Gasteiger partial charge >= 0.3 is 6.18 Å². The summed E-state index contributed by atoms with van der Waals surface area (Å²) >= 11 is 0. The quantitative estimate of drug-likeness (QED) is 0.231. The fourth-order valence-electron chi connectivity index (χ4n) is 8.37. The van der Waals surface area contributed by atoms with E-state index in [0.29, 0.717) is 25.3 Å². The zero-order valence-corrected chi connectivity index (χ0v) is 24.2. The molecular weight excluding hydrogens is 533 g/mol. The highest BCUT2D eigenvalue weighted by Gasteiger charge is 2.49. The maximum Gasteiger partial charge on any atom is 0.391 e. The van der Waals surface area contributed by atoms with Crippen molar-refractivity contribution in [2.75, 3.05) is 13.1 Å². The largest absolute Gasteiger partial charge is 0.391 e. The summed E-state index contributed by atoms with van der Waals surface area (Å²) in [5.74, 6) is -0.373. The summed E-state index contributed by atoms with van der Waals surface area (Å²) in [6.45, 7) is 1.53. The Morgan fingerprint density at radius 2 is 1.51 bits per heavy atom. The maximum atomic E-state index is 13.7. The number of nitrogens with one attached hydrogen (secondary N) is 4. The van der Waals surface area contributed by atoms with Crippen molar-refractivity contribution in [3.8, 4) is 0 Å². The second-order valence-electron chi connectivity index (χ2n) is 13.6. The molecule has 2 aliphatic heterocycles. The summed E-state index contributed by atoms with van der Waals surface area (Å²) in [6, 6.07) is -0.0243. The molecule has 5 atom stereocenters. The zero-order chi connectivity index (χ0) is 29.1. The van der Waals surface area contributed by atoms with Gasteiger partial charge in [0.15, 0.2) is 0 Å². The third kappa shape index (κ3) is 7.56. The van der Waals surface area contributed by atoms with Gasteiger partial charge in [0.1, 0.15) is 0 Å². The highest BCUT2D eigenvalue weighted by Crippen LogP contribution is 2.45. The van der Waals surface area contributed by atoms with Gasteiger partial charge in [-0.15, -0.1) is 0 Å². The molecule has 0 spiro atoms. The minimum absolute atomic E-state index is 0.0100. The van der Waals surface area contributed by atoms with Gasteiger partial charge in [0.2, 0.25) is 11.8 Å². The lowest BCUT2D eigenvalue weighted by atomic mass is 9.77. The summed E-state index contributed by atoms with van der Waals surface area (Å²) in [7, 11) is 0. The van der Waals surface area contributed by atoms with E-state index in [1.54, 1.807) is 0 Å². The number of carbonyl (C=O) groups is 2. The molecule has 11 heteroatoms. The first-order valence-corrected chi connectivity index (χ1v) is 16.1. The number of likely N-dealkylation sites (tertiary alicyclic amines) is 1. The summed E-state index contributed by atoms with van der Waals surface area (Å²) in [6.07, 6.45) is 6.98. The van der Waals surface area contributed by atoms with Crippen molar-refractivity contribution in [1.82, 2.24) is 20.9 Å². The molecule has 5 fully saturated rings. The predicted octanol–water partition coefficient (Wildman–Crippen LogP) is 3.84. The van der Waals surface area contributed by atoms with Gasteiger partial charge in [0, 0.05) is 30.6 Å². The molecule has 5 rings (SSSR count). The van der Waals surface area contributed by atoms with Gasteiger partial charge in [-0.3, -0.25) is 19.9 Å². The van der Waals surface area contributed by atoms with Gasteiger partial charge in [0.05, 0.1) is 23.8 Å². The second kappa shape index (κ2) is 13.2. The van der Waals surface area contributed by atoms with Gasteiger partial charge in [-0.05, 0) is 108 Å². The van der Waals surface area contributed by atoms with E-state index < -0.39 is 12.1 Å². The van der Waals surface area contributed by atoms with Crippen LogP contribution >= 0.6 is 0 Å². The number of amides is 2. The van der Waals surface area contributed by atoms with Crippen LogP contribution in [0, 0.1) is 29.1 Å². The SMILES string of the molecule is N=C(N)C1CCC2CC(C(=O)NC3CCC(NC(=O)C4CCCCN4)CC3)N(CC3CCC(C(F)(F)F)CC3)C2C1. The third-order valence-electron chi connectivity index (χ3n) is 10.9. The molecule has 2 saturated heterocycles. The van der Waals surface area contributed by atoms with Crippen LogP contribution in [0.3, 0.4) is 0 Å². The Labute approximate surface area is 242 Å². The fourth-order valence-corrected chi connectivity index (χ4v) is 8.37. The summed E-state index contributed by atoms with van der Waals surface area (Å²) < 4.78 is 39.8. The Morgan fingerprint density at radius 3 is 2.10 bits per heavy atom. The molecule has 0 aromatic heterocycles. The Bertz CT molecular complexity index is 926. The second-order valence-corrected chi connectivity index (χ2v) is 13.6. The van der Waals surface area contributed by atoms with E-state index in [1.165, 1.54) is 0 Å². The highest BCUT2D eigenvalue weighted by atomic mass is 19.4. The van der Waals surface area contributed by atoms with E-state index >= 15 is 0 Å². The number of fused-ring (bicyclic) bond motifs is 1. The van der Waals surface area contributed by atoms with E-state index in [2.05, 4.69) is 20.9 Å². The maximum absolute atomic E-state index is 13.7. The van der Waals surface area contributed by atoms with Crippen LogP contribution in [-0.2, 0) is 9.59 Å². The standard InChI is InChI=1S/C30H49F3N6O2/c31-30(32,33)21-8-4-18(5-9-21)17-39-25-16-20(27(34)35)7-6-19(25)15-26(39)29(41)38-23-12-10-22(11-13-23)37-28(40)24-3-1-2-14-36-24/h18-26,36H,1-17H2,(H3,34,35)(H,37,40)(H,38,41). The molecule has 6 N–H and O–H groups in total. The van der Waals surface area contributed by atoms with E-state index in [1.807, 2.05) is 0 Å². The van der Waals surface area contributed by atoms with Gasteiger partial charge in [-0.1, -0.05) is 6.42 Å². The van der Waals surface area contributed by atoms with Crippen LogP contribution in [-0.4, -0.2) is 72.0 Å². The molecule has 3 aliphatic carbocycles. The Hall–Kier alpha value is -1.88.